The van der Waals surface area contributed by atoms with Crippen molar-refractivity contribution in [3.05, 3.63) is 76.6 Å². The van der Waals surface area contributed by atoms with Crippen LogP contribution in [0.15, 0.2) is 65.1 Å². The topological polar surface area (TPSA) is 98.8 Å². The number of ketones is 1. The van der Waals surface area contributed by atoms with E-state index in [1.54, 1.807) is 6.07 Å². The Morgan fingerprint density at radius 1 is 1.21 bits per heavy atom. The lowest BCUT2D eigenvalue weighted by molar-refractivity contribution is -0.142. The molecule has 3 rings (SSSR count). The second kappa shape index (κ2) is 7.49. The highest BCUT2D eigenvalue weighted by molar-refractivity contribution is 7.89. The second-order valence-corrected chi connectivity index (χ2v) is 8.35. The minimum atomic E-state index is -4.15. The van der Waals surface area contributed by atoms with E-state index in [1.165, 1.54) is 43.3 Å². The number of rotatable bonds is 5. The number of ether oxygens (including phenoxy) is 2. The van der Waals surface area contributed by atoms with Crippen LogP contribution in [0.5, 0.6) is 0 Å². The zero-order valence-electron chi connectivity index (χ0n) is 15.2. The molecule has 1 atom stereocenters. The van der Waals surface area contributed by atoms with Crippen molar-refractivity contribution in [1.29, 1.82) is 0 Å². The van der Waals surface area contributed by atoms with Gasteiger partial charge in [-0.25, -0.2) is 17.5 Å². The maximum Gasteiger partial charge on any atom is 0.308 e. The van der Waals surface area contributed by atoms with Crippen molar-refractivity contribution >= 4 is 33.4 Å². The molecule has 0 radical (unpaired) electrons. The number of carbonyl (C=O) groups is 2. The molecule has 0 saturated carbocycles. The molecule has 0 saturated heterocycles. The van der Waals surface area contributed by atoms with E-state index in [1.807, 2.05) is 0 Å². The Bertz CT molecular complexity index is 1130. The first-order valence-electron chi connectivity index (χ1n) is 8.24. The van der Waals surface area contributed by atoms with Crippen molar-refractivity contribution < 1.29 is 31.9 Å². The Balaban J connectivity index is 2.03. The fourth-order valence-corrected chi connectivity index (χ4v) is 3.88. The Morgan fingerprint density at radius 2 is 1.86 bits per heavy atom. The standard InChI is InChI=1S/C19H15ClFNO6S/c1-11(23)27-16-17(24)19(2,12-8-9-15(21)14(20)10-12)28-18(16)22-29(25,26)13-6-4-3-5-7-13/h3-10,22H,1-2H3. The summed E-state index contributed by atoms with van der Waals surface area (Å²) in [5.41, 5.74) is -1.65. The molecule has 2 aromatic rings. The van der Waals surface area contributed by atoms with E-state index < -0.39 is 44.8 Å². The van der Waals surface area contributed by atoms with Gasteiger partial charge in [0, 0.05) is 12.5 Å². The van der Waals surface area contributed by atoms with E-state index in [4.69, 9.17) is 21.1 Å². The normalized spacial score (nSPS) is 19.1. The van der Waals surface area contributed by atoms with Gasteiger partial charge in [0.1, 0.15) is 5.82 Å². The van der Waals surface area contributed by atoms with Crippen LogP contribution in [0, 0.1) is 5.82 Å². The Kier molecular flexibility index (Phi) is 5.38. The monoisotopic (exact) mass is 439 g/mol. The van der Waals surface area contributed by atoms with E-state index in [9.17, 15) is 22.4 Å². The largest absolute Gasteiger partial charge is 0.456 e. The molecule has 0 spiro atoms. The number of carbonyl (C=O) groups excluding carboxylic acids is 2. The van der Waals surface area contributed by atoms with E-state index in [2.05, 4.69) is 4.72 Å². The smallest absolute Gasteiger partial charge is 0.308 e. The summed E-state index contributed by atoms with van der Waals surface area (Å²) in [4.78, 5) is 24.3. The van der Waals surface area contributed by atoms with Gasteiger partial charge in [0.25, 0.3) is 21.7 Å². The number of nitrogens with one attached hydrogen (secondary N) is 1. The van der Waals surface area contributed by atoms with Crippen LogP contribution in [0.25, 0.3) is 0 Å². The lowest BCUT2D eigenvalue weighted by Gasteiger charge is -2.24. The fraction of sp³-hybridized carbons (Fsp3) is 0.158. The van der Waals surface area contributed by atoms with Gasteiger partial charge in [-0.2, -0.15) is 0 Å². The van der Waals surface area contributed by atoms with E-state index >= 15 is 0 Å². The van der Waals surface area contributed by atoms with Gasteiger partial charge < -0.3 is 9.47 Å². The number of hydrogen-bond acceptors (Lipinski definition) is 6. The van der Waals surface area contributed by atoms with Crippen molar-refractivity contribution in [2.75, 3.05) is 0 Å². The van der Waals surface area contributed by atoms with Crippen LogP contribution in [-0.4, -0.2) is 20.2 Å². The van der Waals surface area contributed by atoms with E-state index in [-0.39, 0.29) is 15.5 Å². The number of Topliss-reactive ketones (excluding diaryl/α,β-unsaturated/α-hetero) is 1. The molecule has 0 aliphatic carbocycles. The lowest BCUT2D eigenvalue weighted by atomic mass is 9.91. The van der Waals surface area contributed by atoms with Gasteiger partial charge in [-0.05, 0) is 31.2 Å². The Hall–Kier alpha value is -2.91. The predicted molar refractivity (Wildman–Crippen MR) is 100 cm³/mol. The van der Waals surface area contributed by atoms with Gasteiger partial charge in [-0.15, -0.1) is 0 Å². The maximum atomic E-state index is 13.5. The highest BCUT2D eigenvalue weighted by atomic mass is 35.5. The highest BCUT2D eigenvalue weighted by Crippen LogP contribution is 2.40. The fourth-order valence-electron chi connectivity index (χ4n) is 2.68. The molecular formula is C19H15ClFNO6S. The van der Waals surface area contributed by atoms with Crippen LogP contribution in [0.3, 0.4) is 0 Å². The second-order valence-electron chi connectivity index (χ2n) is 6.26. The van der Waals surface area contributed by atoms with Crippen molar-refractivity contribution in [2.45, 2.75) is 24.3 Å². The molecule has 1 aliphatic heterocycles. The molecule has 29 heavy (non-hydrogen) atoms. The van der Waals surface area contributed by atoms with Gasteiger partial charge in [-0.3, -0.25) is 9.59 Å². The molecule has 1 unspecified atom stereocenters. The van der Waals surface area contributed by atoms with Gasteiger partial charge in [0.05, 0.1) is 9.92 Å². The molecule has 2 aromatic carbocycles. The number of benzene rings is 2. The average molecular weight is 440 g/mol. The first-order chi connectivity index (χ1) is 13.5. The zero-order chi connectivity index (χ0) is 21.4. The quantitative estimate of drug-likeness (QED) is 0.719. The molecular weight excluding hydrogens is 425 g/mol. The van der Waals surface area contributed by atoms with Crippen molar-refractivity contribution in [1.82, 2.24) is 4.72 Å². The average Bonchev–Trinajstić information content (AvgIpc) is 2.89. The van der Waals surface area contributed by atoms with Crippen molar-refractivity contribution in [3.8, 4) is 0 Å². The SMILES string of the molecule is CC(=O)OC1=C(NS(=O)(=O)c2ccccc2)OC(C)(c2ccc(F)c(Cl)c2)C1=O. The molecule has 1 N–H and O–H groups in total. The summed E-state index contributed by atoms with van der Waals surface area (Å²) in [6.07, 6.45) is 0. The first kappa shape index (κ1) is 20.8. The third kappa shape index (κ3) is 3.96. The summed E-state index contributed by atoms with van der Waals surface area (Å²) >= 11 is 5.79. The van der Waals surface area contributed by atoms with Gasteiger partial charge in [0.2, 0.25) is 5.76 Å². The number of esters is 1. The molecule has 1 aliphatic rings. The molecule has 0 aromatic heterocycles. The summed E-state index contributed by atoms with van der Waals surface area (Å²) in [5.74, 6) is -3.56. The van der Waals surface area contributed by atoms with Gasteiger partial charge >= 0.3 is 5.97 Å². The molecule has 0 bridgehead atoms. The molecule has 1 heterocycles. The summed E-state index contributed by atoms with van der Waals surface area (Å²) in [6.45, 7) is 2.38. The summed E-state index contributed by atoms with van der Waals surface area (Å²) in [6, 6.07) is 10.8. The minimum Gasteiger partial charge on any atom is -0.456 e. The van der Waals surface area contributed by atoms with Crippen LogP contribution in [0.4, 0.5) is 4.39 Å². The van der Waals surface area contributed by atoms with Crippen LogP contribution in [0.2, 0.25) is 5.02 Å². The minimum absolute atomic E-state index is 0.0934. The van der Waals surface area contributed by atoms with Crippen molar-refractivity contribution in [3.63, 3.8) is 0 Å². The molecule has 0 amide bonds. The third-order valence-corrected chi connectivity index (χ3v) is 5.79. The third-order valence-electron chi connectivity index (χ3n) is 4.15. The number of halogens is 2. The zero-order valence-corrected chi connectivity index (χ0v) is 16.8. The summed E-state index contributed by atoms with van der Waals surface area (Å²) in [7, 11) is -4.15. The summed E-state index contributed by atoms with van der Waals surface area (Å²) in [5, 5.41) is -0.257. The number of hydrogen-bond donors (Lipinski definition) is 1. The first-order valence-corrected chi connectivity index (χ1v) is 10.1. The highest BCUT2D eigenvalue weighted by Gasteiger charge is 2.50. The van der Waals surface area contributed by atoms with E-state index in [0.717, 1.165) is 13.0 Å². The van der Waals surface area contributed by atoms with Crippen LogP contribution < -0.4 is 4.72 Å². The molecule has 152 valence electrons. The van der Waals surface area contributed by atoms with E-state index in [0.29, 0.717) is 0 Å². The van der Waals surface area contributed by atoms with Crippen LogP contribution in [0.1, 0.15) is 19.4 Å². The Labute approximate surface area is 171 Å². The summed E-state index contributed by atoms with van der Waals surface area (Å²) < 4.78 is 51.4. The molecule has 10 heteroatoms. The van der Waals surface area contributed by atoms with Gasteiger partial charge in [0.15, 0.2) is 5.60 Å². The molecule has 0 fully saturated rings. The van der Waals surface area contributed by atoms with Crippen LogP contribution >= 0.6 is 11.6 Å². The van der Waals surface area contributed by atoms with Gasteiger partial charge in [-0.1, -0.05) is 35.9 Å². The maximum absolute atomic E-state index is 13.5. The van der Waals surface area contributed by atoms with Crippen LogP contribution in [-0.2, 0) is 34.7 Å². The lowest BCUT2D eigenvalue weighted by Crippen LogP contribution is -2.32. The Morgan fingerprint density at radius 3 is 2.45 bits per heavy atom. The predicted octanol–water partition coefficient (Wildman–Crippen LogP) is 3.00. The number of sulfonamides is 1. The van der Waals surface area contributed by atoms with Crippen molar-refractivity contribution in [2.24, 2.45) is 0 Å². The molecule has 7 nitrogen and oxygen atoms in total.